The van der Waals surface area contributed by atoms with Crippen LogP contribution in [0.25, 0.3) is 0 Å². The fraction of sp³-hybridized carbons (Fsp3) is 0.871. The van der Waals surface area contributed by atoms with E-state index in [0.717, 1.165) is 31.3 Å². The van der Waals surface area contributed by atoms with Crippen molar-refractivity contribution in [2.45, 2.75) is 118 Å². The van der Waals surface area contributed by atoms with Crippen LogP contribution in [0.3, 0.4) is 0 Å². The minimum absolute atomic E-state index is 0.0346. The Morgan fingerprint density at radius 1 is 1.00 bits per heavy atom. The van der Waals surface area contributed by atoms with Gasteiger partial charge in [-0.25, -0.2) is 0 Å². The van der Waals surface area contributed by atoms with Crippen molar-refractivity contribution < 1.29 is 29.6 Å². The molecule has 0 aromatic rings. The lowest BCUT2D eigenvalue weighted by Gasteiger charge is -2.69. The number of hydrogen-bond acceptors (Lipinski definition) is 5. The molecule has 37 heavy (non-hydrogen) atoms. The summed E-state index contributed by atoms with van der Waals surface area (Å²) in [4.78, 5) is 24.9. The Balaban J connectivity index is 1.75. The lowest BCUT2D eigenvalue weighted by atomic mass is 9.36. The normalized spacial score (nSPS) is 47.7. The molecule has 0 spiro atoms. The van der Waals surface area contributed by atoms with E-state index in [9.17, 15) is 24.9 Å². The van der Waals surface area contributed by atoms with Crippen LogP contribution in [0.5, 0.6) is 0 Å². The predicted octanol–water partition coefficient (Wildman–Crippen LogP) is 5.60. The second-order valence-electron chi connectivity index (χ2n) is 14.1. The van der Waals surface area contributed by atoms with Crippen molar-refractivity contribution in [3.05, 3.63) is 11.6 Å². The Kier molecular flexibility index (Phi) is 7.71. The summed E-state index contributed by atoms with van der Waals surface area (Å²) in [6.07, 6.45) is 6.77. The molecule has 4 fully saturated rings. The van der Waals surface area contributed by atoms with Gasteiger partial charge in [-0.3, -0.25) is 9.59 Å². The number of rotatable bonds is 6. The van der Waals surface area contributed by atoms with Crippen molar-refractivity contribution >= 4 is 11.9 Å². The molecule has 0 aromatic carbocycles. The molecule has 0 saturated heterocycles. The second kappa shape index (κ2) is 9.97. The molecule has 6 nitrogen and oxygen atoms in total. The summed E-state index contributed by atoms with van der Waals surface area (Å²) in [5.74, 6) is -1.54. The first kappa shape index (κ1) is 28.6. The maximum atomic E-state index is 12.7. The molecule has 5 unspecified atom stereocenters. The molecule has 4 rings (SSSR count). The summed E-state index contributed by atoms with van der Waals surface area (Å²) in [7, 11) is 0. The standard InChI is InChI=1S/C31H50O6/c1-17(2)9-8-10-20(28(35)36)26-22-15-24(34)27-29(5)13-12-23(33)18(3)21(29)11-14-30(27,6)31(22,7)16-25(26)37-19(4)32/h9,18,20-27,33-34H,8,10-16H2,1-7H3,(H,35,36)/t18-,20?,21?,22-,23+,24+,25?,26?,27?,29-,30-,31-/m0/s1. The molecule has 12 atom stereocenters. The zero-order valence-electron chi connectivity index (χ0n) is 24.0. The van der Waals surface area contributed by atoms with Crippen molar-refractivity contribution in [2.75, 3.05) is 0 Å². The lowest BCUT2D eigenvalue weighted by molar-refractivity contribution is -0.240. The highest BCUT2D eigenvalue weighted by atomic mass is 16.5. The first-order chi connectivity index (χ1) is 17.2. The molecule has 4 aliphatic carbocycles. The van der Waals surface area contributed by atoms with E-state index in [-0.39, 0.29) is 52.0 Å². The SMILES string of the molecule is CC(=O)OC1C[C@@]2(C)[C@@H](C[C@@H](O)C3[C@@]4(C)CC[C@@H](O)[C@@H](C)C4CC[C@@]32C)C1C(CCC=C(C)C)C(=O)O. The Labute approximate surface area is 223 Å². The van der Waals surface area contributed by atoms with E-state index in [2.05, 4.69) is 33.8 Å². The molecule has 0 aromatic heterocycles. The molecule has 210 valence electrons. The predicted molar refractivity (Wildman–Crippen MR) is 143 cm³/mol. The van der Waals surface area contributed by atoms with E-state index in [1.807, 2.05) is 13.8 Å². The maximum absolute atomic E-state index is 12.7. The number of carbonyl (C=O) groups excluding carboxylic acids is 1. The third-order valence-corrected chi connectivity index (χ3v) is 12.1. The van der Waals surface area contributed by atoms with Gasteiger partial charge >= 0.3 is 11.9 Å². The number of hydrogen-bond donors (Lipinski definition) is 3. The van der Waals surface area contributed by atoms with Crippen molar-refractivity contribution in [2.24, 2.45) is 51.8 Å². The van der Waals surface area contributed by atoms with Crippen LogP contribution in [0.15, 0.2) is 11.6 Å². The number of aliphatic hydroxyl groups is 2. The van der Waals surface area contributed by atoms with Gasteiger partial charge in [-0.15, -0.1) is 0 Å². The van der Waals surface area contributed by atoms with Gasteiger partial charge in [0.2, 0.25) is 0 Å². The molecule has 4 aliphatic rings. The molecule has 3 N–H and O–H groups in total. The largest absolute Gasteiger partial charge is 0.481 e. The number of aliphatic hydroxyl groups excluding tert-OH is 2. The number of carboxylic acids is 1. The van der Waals surface area contributed by atoms with Gasteiger partial charge in [0.1, 0.15) is 6.10 Å². The van der Waals surface area contributed by atoms with Gasteiger partial charge in [0.25, 0.3) is 0 Å². The zero-order chi connectivity index (χ0) is 27.5. The van der Waals surface area contributed by atoms with Crippen LogP contribution in [0, 0.1) is 51.8 Å². The zero-order valence-corrected chi connectivity index (χ0v) is 24.0. The molecule has 0 aliphatic heterocycles. The van der Waals surface area contributed by atoms with Crippen LogP contribution in [0.1, 0.15) is 99.8 Å². The van der Waals surface area contributed by atoms with Crippen molar-refractivity contribution in [3.8, 4) is 0 Å². The van der Waals surface area contributed by atoms with E-state index in [4.69, 9.17) is 4.74 Å². The highest BCUT2D eigenvalue weighted by Gasteiger charge is 2.72. The highest BCUT2D eigenvalue weighted by molar-refractivity contribution is 5.71. The lowest BCUT2D eigenvalue weighted by Crippen LogP contribution is -2.66. The smallest absolute Gasteiger partial charge is 0.306 e. The number of carbonyl (C=O) groups is 2. The first-order valence-corrected chi connectivity index (χ1v) is 14.6. The van der Waals surface area contributed by atoms with Crippen LogP contribution in [0.4, 0.5) is 0 Å². The number of aliphatic carboxylic acids is 1. The Hall–Kier alpha value is -1.40. The number of ether oxygens (including phenoxy) is 1. The fourth-order valence-electron chi connectivity index (χ4n) is 10.4. The summed E-state index contributed by atoms with van der Waals surface area (Å²) < 4.78 is 5.93. The van der Waals surface area contributed by atoms with E-state index in [1.165, 1.54) is 6.92 Å². The quantitative estimate of drug-likeness (QED) is 0.312. The third-order valence-electron chi connectivity index (χ3n) is 12.1. The molecule has 0 bridgehead atoms. The number of carboxylic acid groups (broad SMARTS) is 1. The number of esters is 1. The topological polar surface area (TPSA) is 104 Å². The van der Waals surface area contributed by atoms with Crippen molar-refractivity contribution in [1.82, 2.24) is 0 Å². The average molecular weight is 519 g/mol. The molecule has 4 saturated carbocycles. The number of fused-ring (bicyclic) bond motifs is 5. The van der Waals surface area contributed by atoms with Gasteiger partial charge in [-0.05, 0) is 105 Å². The Morgan fingerprint density at radius 3 is 2.27 bits per heavy atom. The van der Waals surface area contributed by atoms with Gasteiger partial charge < -0.3 is 20.1 Å². The maximum Gasteiger partial charge on any atom is 0.306 e. The first-order valence-electron chi connectivity index (χ1n) is 14.6. The van der Waals surface area contributed by atoms with Gasteiger partial charge in [-0.2, -0.15) is 0 Å². The molecular weight excluding hydrogens is 468 g/mol. The molecular formula is C31H50O6. The van der Waals surface area contributed by atoms with Crippen molar-refractivity contribution in [1.29, 1.82) is 0 Å². The Bertz CT molecular complexity index is 925. The van der Waals surface area contributed by atoms with Crippen LogP contribution < -0.4 is 0 Å². The van der Waals surface area contributed by atoms with Gasteiger partial charge in [0, 0.05) is 12.8 Å². The minimum Gasteiger partial charge on any atom is -0.481 e. The molecule has 6 heteroatoms. The summed E-state index contributed by atoms with van der Waals surface area (Å²) in [6.45, 7) is 14.6. The summed E-state index contributed by atoms with van der Waals surface area (Å²) in [6, 6.07) is 0. The minimum atomic E-state index is -0.832. The summed E-state index contributed by atoms with van der Waals surface area (Å²) in [5.41, 5.74) is 0.624. The highest BCUT2D eigenvalue weighted by Crippen LogP contribution is 2.74. The molecule has 0 radical (unpaired) electrons. The Morgan fingerprint density at radius 2 is 1.68 bits per heavy atom. The van der Waals surface area contributed by atoms with Gasteiger partial charge in [0.05, 0.1) is 18.1 Å². The summed E-state index contributed by atoms with van der Waals surface area (Å²) >= 11 is 0. The second-order valence-corrected chi connectivity index (χ2v) is 14.1. The van der Waals surface area contributed by atoms with Crippen LogP contribution in [-0.2, 0) is 14.3 Å². The third kappa shape index (κ3) is 4.48. The van der Waals surface area contributed by atoms with E-state index >= 15 is 0 Å². The van der Waals surface area contributed by atoms with E-state index in [1.54, 1.807) is 0 Å². The van der Waals surface area contributed by atoms with E-state index in [0.29, 0.717) is 31.6 Å². The van der Waals surface area contributed by atoms with Gasteiger partial charge in [0.15, 0.2) is 0 Å². The molecule has 0 heterocycles. The molecule has 0 amide bonds. The van der Waals surface area contributed by atoms with Crippen LogP contribution >= 0.6 is 0 Å². The van der Waals surface area contributed by atoms with Crippen LogP contribution in [-0.4, -0.2) is 45.6 Å². The monoisotopic (exact) mass is 518 g/mol. The van der Waals surface area contributed by atoms with Crippen molar-refractivity contribution in [3.63, 3.8) is 0 Å². The summed E-state index contributed by atoms with van der Waals surface area (Å²) in [5, 5.41) is 33.0. The van der Waals surface area contributed by atoms with Gasteiger partial charge in [-0.1, -0.05) is 39.3 Å². The van der Waals surface area contributed by atoms with E-state index < -0.39 is 24.1 Å². The average Bonchev–Trinajstić information content (AvgIpc) is 3.05. The number of allylic oxidation sites excluding steroid dienone is 2. The fourth-order valence-corrected chi connectivity index (χ4v) is 10.4. The van der Waals surface area contributed by atoms with Crippen LogP contribution in [0.2, 0.25) is 0 Å².